The largest absolute Gasteiger partial charge is 0.327 e. The van der Waals surface area contributed by atoms with Gasteiger partial charge in [0.1, 0.15) is 5.82 Å². The number of aryl methyl sites for hydroxylation is 1. The van der Waals surface area contributed by atoms with Crippen molar-refractivity contribution in [1.82, 2.24) is 0 Å². The summed E-state index contributed by atoms with van der Waals surface area (Å²) in [4.78, 5) is 23.6. The molecule has 1 fully saturated rings. The Morgan fingerprint density at radius 2 is 2.09 bits per heavy atom. The van der Waals surface area contributed by atoms with Crippen molar-refractivity contribution >= 4 is 35.6 Å². The number of rotatable bonds is 2. The Kier molecular flexibility index (Phi) is 5.03. The predicted octanol–water partition coefficient (Wildman–Crippen LogP) is 2.20. The number of fused-ring (bicyclic) bond motifs is 1. The maximum Gasteiger partial charge on any atom is 0.229 e. The fraction of sp³-hybridized carbons (Fsp3) is 0.467. The maximum absolute atomic E-state index is 14.1. The number of carbonyl (C=O) groups excluding carboxylic acids is 2. The third kappa shape index (κ3) is 3.23. The van der Waals surface area contributed by atoms with Gasteiger partial charge in [-0.15, -0.1) is 12.4 Å². The third-order valence-corrected chi connectivity index (χ3v) is 4.25. The molecule has 0 bridgehead atoms. The standard InChI is InChI=1S/C15H18FN3O2.ClH/c16-10-6-8-4-5-14(20)18-12(8)7-13(10)19-15(21)9-2-1-3-11(9)17;/h6-7,9,11H,1-5,17H2,(H,18,20)(H,19,21);1H. The van der Waals surface area contributed by atoms with E-state index >= 15 is 0 Å². The van der Waals surface area contributed by atoms with E-state index < -0.39 is 5.82 Å². The van der Waals surface area contributed by atoms with Crippen molar-refractivity contribution in [2.45, 2.75) is 38.1 Å². The van der Waals surface area contributed by atoms with Gasteiger partial charge in [-0.3, -0.25) is 9.59 Å². The molecule has 2 amide bonds. The molecule has 0 spiro atoms. The molecular formula is C15H19ClFN3O2. The van der Waals surface area contributed by atoms with Gasteiger partial charge in [0.2, 0.25) is 11.8 Å². The molecule has 1 aliphatic heterocycles. The Morgan fingerprint density at radius 1 is 1.32 bits per heavy atom. The predicted molar refractivity (Wildman–Crippen MR) is 84.5 cm³/mol. The topological polar surface area (TPSA) is 84.2 Å². The number of hydrogen-bond donors (Lipinski definition) is 3. The minimum absolute atomic E-state index is 0. The molecule has 22 heavy (non-hydrogen) atoms. The summed E-state index contributed by atoms with van der Waals surface area (Å²) in [6.45, 7) is 0. The Morgan fingerprint density at radius 3 is 2.77 bits per heavy atom. The monoisotopic (exact) mass is 327 g/mol. The summed E-state index contributed by atoms with van der Waals surface area (Å²) in [6.07, 6.45) is 3.34. The fourth-order valence-corrected chi connectivity index (χ4v) is 3.03. The Hall–Kier alpha value is -1.66. The molecule has 1 aromatic rings. The lowest BCUT2D eigenvalue weighted by Crippen LogP contribution is -2.34. The van der Waals surface area contributed by atoms with Crippen LogP contribution in [0.4, 0.5) is 15.8 Å². The maximum atomic E-state index is 14.1. The highest BCUT2D eigenvalue weighted by Crippen LogP contribution is 2.30. The minimum Gasteiger partial charge on any atom is -0.327 e. The zero-order valence-electron chi connectivity index (χ0n) is 12.0. The van der Waals surface area contributed by atoms with Crippen LogP contribution in [0.25, 0.3) is 0 Å². The molecule has 120 valence electrons. The van der Waals surface area contributed by atoms with Crippen LogP contribution in [0.2, 0.25) is 0 Å². The normalized spacial score (nSPS) is 23.3. The summed E-state index contributed by atoms with van der Waals surface area (Å²) in [5, 5.41) is 5.30. The number of benzene rings is 1. The van der Waals surface area contributed by atoms with Gasteiger partial charge in [0.25, 0.3) is 0 Å². The Labute approximate surface area is 134 Å². The first-order chi connectivity index (χ1) is 10.0. The summed E-state index contributed by atoms with van der Waals surface area (Å²) in [7, 11) is 0. The summed E-state index contributed by atoms with van der Waals surface area (Å²) in [5.41, 5.74) is 7.31. The molecule has 5 nitrogen and oxygen atoms in total. The van der Waals surface area contributed by atoms with Crippen molar-refractivity contribution in [3.63, 3.8) is 0 Å². The number of carbonyl (C=O) groups is 2. The van der Waals surface area contributed by atoms with E-state index in [4.69, 9.17) is 5.73 Å². The van der Waals surface area contributed by atoms with Gasteiger partial charge in [-0.1, -0.05) is 6.42 Å². The number of halogens is 2. The smallest absolute Gasteiger partial charge is 0.229 e. The van der Waals surface area contributed by atoms with Crippen LogP contribution in [0.1, 0.15) is 31.2 Å². The quantitative estimate of drug-likeness (QED) is 0.778. The van der Waals surface area contributed by atoms with E-state index in [0.717, 1.165) is 24.8 Å². The summed E-state index contributed by atoms with van der Waals surface area (Å²) in [6, 6.07) is 2.70. The Bertz CT molecular complexity index is 609. The molecular weight excluding hydrogens is 309 g/mol. The van der Waals surface area contributed by atoms with E-state index in [1.165, 1.54) is 12.1 Å². The van der Waals surface area contributed by atoms with Crippen LogP contribution >= 0.6 is 12.4 Å². The van der Waals surface area contributed by atoms with Gasteiger partial charge in [-0.2, -0.15) is 0 Å². The lowest BCUT2D eigenvalue weighted by Gasteiger charge is -2.20. The summed E-state index contributed by atoms with van der Waals surface area (Å²) >= 11 is 0. The van der Waals surface area contributed by atoms with Crippen LogP contribution in [0.15, 0.2) is 12.1 Å². The second-order valence-electron chi connectivity index (χ2n) is 5.73. The number of anilines is 2. The fourth-order valence-electron chi connectivity index (χ4n) is 3.03. The average Bonchev–Trinajstić information content (AvgIpc) is 2.86. The molecule has 4 N–H and O–H groups in total. The molecule has 2 aliphatic rings. The van der Waals surface area contributed by atoms with Crippen LogP contribution in [-0.2, 0) is 16.0 Å². The molecule has 1 heterocycles. The second-order valence-corrected chi connectivity index (χ2v) is 5.73. The highest BCUT2D eigenvalue weighted by Gasteiger charge is 2.31. The van der Waals surface area contributed by atoms with E-state index in [1.807, 2.05) is 0 Å². The first-order valence-corrected chi connectivity index (χ1v) is 7.23. The molecule has 0 radical (unpaired) electrons. The molecule has 1 saturated carbocycles. The van der Waals surface area contributed by atoms with Gasteiger partial charge in [0, 0.05) is 18.2 Å². The van der Waals surface area contributed by atoms with Gasteiger partial charge < -0.3 is 16.4 Å². The van der Waals surface area contributed by atoms with E-state index in [0.29, 0.717) is 18.5 Å². The van der Waals surface area contributed by atoms with E-state index in [1.54, 1.807) is 0 Å². The van der Waals surface area contributed by atoms with Crippen LogP contribution in [0.3, 0.4) is 0 Å². The molecule has 0 aromatic heterocycles. The molecule has 2 unspecified atom stereocenters. The van der Waals surface area contributed by atoms with Crippen molar-refractivity contribution < 1.29 is 14.0 Å². The molecule has 0 saturated heterocycles. The van der Waals surface area contributed by atoms with E-state index in [-0.39, 0.29) is 41.9 Å². The van der Waals surface area contributed by atoms with Gasteiger partial charge in [-0.25, -0.2) is 4.39 Å². The highest BCUT2D eigenvalue weighted by molar-refractivity contribution is 5.97. The van der Waals surface area contributed by atoms with Crippen molar-refractivity contribution in [3.8, 4) is 0 Å². The minimum atomic E-state index is -0.482. The van der Waals surface area contributed by atoms with Crippen molar-refractivity contribution in [3.05, 3.63) is 23.5 Å². The molecule has 3 rings (SSSR count). The van der Waals surface area contributed by atoms with Gasteiger partial charge >= 0.3 is 0 Å². The SMILES string of the molecule is Cl.NC1CCCC1C(=O)Nc1cc2c(cc1F)CCC(=O)N2. The van der Waals surface area contributed by atoms with Crippen LogP contribution in [0, 0.1) is 11.7 Å². The first kappa shape index (κ1) is 16.7. The lowest BCUT2D eigenvalue weighted by atomic mass is 10.0. The third-order valence-electron chi connectivity index (χ3n) is 4.25. The Balaban J connectivity index is 0.00000176. The summed E-state index contributed by atoms with van der Waals surface area (Å²) in [5.74, 6) is -1.09. The van der Waals surface area contributed by atoms with Crippen LogP contribution in [-0.4, -0.2) is 17.9 Å². The van der Waals surface area contributed by atoms with E-state index in [9.17, 15) is 14.0 Å². The van der Waals surface area contributed by atoms with Gasteiger partial charge in [0.15, 0.2) is 0 Å². The number of nitrogens with two attached hydrogens (primary N) is 1. The molecule has 1 aliphatic carbocycles. The van der Waals surface area contributed by atoms with Crippen molar-refractivity contribution in [2.24, 2.45) is 11.7 Å². The number of hydrogen-bond acceptors (Lipinski definition) is 3. The lowest BCUT2D eigenvalue weighted by molar-refractivity contribution is -0.120. The van der Waals surface area contributed by atoms with Gasteiger partial charge in [0.05, 0.1) is 11.6 Å². The molecule has 1 aromatic carbocycles. The number of nitrogens with one attached hydrogen (secondary N) is 2. The average molecular weight is 328 g/mol. The molecule has 2 atom stereocenters. The summed E-state index contributed by atoms with van der Waals surface area (Å²) < 4.78 is 14.1. The first-order valence-electron chi connectivity index (χ1n) is 7.23. The van der Waals surface area contributed by atoms with Crippen molar-refractivity contribution in [2.75, 3.05) is 10.6 Å². The van der Waals surface area contributed by atoms with E-state index in [2.05, 4.69) is 10.6 Å². The zero-order chi connectivity index (χ0) is 15.0. The molecule has 7 heteroatoms. The van der Waals surface area contributed by atoms with Crippen LogP contribution < -0.4 is 16.4 Å². The zero-order valence-corrected chi connectivity index (χ0v) is 12.8. The van der Waals surface area contributed by atoms with Crippen molar-refractivity contribution in [1.29, 1.82) is 0 Å². The number of amides is 2. The van der Waals surface area contributed by atoms with Gasteiger partial charge in [-0.05, 0) is 37.0 Å². The van der Waals surface area contributed by atoms with Crippen LogP contribution in [0.5, 0.6) is 0 Å². The second kappa shape index (κ2) is 6.62. The highest BCUT2D eigenvalue weighted by atomic mass is 35.5.